The largest absolute Gasteiger partial charge is 0.432 e. The molecule has 0 fully saturated rings. The Labute approximate surface area is 147 Å². The summed E-state index contributed by atoms with van der Waals surface area (Å²) in [6.07, 6.45) is 0. The van der Waals surface area contributed by atoms with Crippen molar-refractivity contribution in [3.63, 3.8) is 0 Å². The average Bonchev–Trinajstić information content (AvgIpc) is 3.32. The van der Waals surface area contributed by atoms with Crippen molar-refractivity contribution in [2.75, 3.05) is 0 Å². The molecule has 0 aliphatic carbocycles. The minimum Gasteiger partial charge on any atom is -0.432 e. The Morgan fingerprint density at radius 3 is 1.46 bits per heavy atom. The second-order valence-electron chi connectivity index (χ2n) is 6.31. The van der Waals surface area contributed by atoms with Crippen LogP contribution in [0.4, 0.5) is 0 Å². The summed E-state index contributed by atoms with van der Waals surface area (Å²) in [6, 6.07) is 24.2. The molecule has 0 saturated carbocycles. The first kappa shape index (κ1) is 13.6. The van der Waals surface area contributed by atoms with Crippen LogP contribution in [0.3, 0.4) is 0 Å². The second-order valence-corrected chi connectivity index (χ2v) is 6.31. The van der Waals surface area contributed by atoms with E-state index in [1.54, 1.807) is 0 Å². The molecular formula is C22H12N2O2. The van der Waals surface area contributed by atoms with Gasteiger partial charge in [-0.3, -0.25) is 0 Å². The van der Waals surface area contributed by atoms with Crippen molar-refractivity contribution in [1.29, 1.82) is 0 Å². The van der Waals surface area contributed by atoms with Crippen LogP contribution in [0, 0.1) is 0 Å². The van der Waals surface area contributed by atoms with Crippen molar-refractivity contribution in [1.82, 2.24) is 9.97 Å². The van der Waals surface area contributed by atoms with E-state index in [4.69, 9.17) is 8.83 Å². The van der Waals surface area contributed by atoms with Crippen LogP contribution in [0.1, 0.15) is 0 Å². The molecule has 6 aromatic rings. The predicted molar refractivity (Wildman–Crippen MR) is 102 cm³/mol. The first-order valence-electron chi connectivity index (χ1n) is 8.44. The molecule has 4 aromatic carbocycles. The maximum absolute atomic E-state index is 6.04. The van der Waals surface area contributed by atoms with Crippen LogP contribution in [0.2, 0.25) is 0 Å². The molecular weight excluding hydrogens is 324 g/mol. The van der Waals surface area contributed by atoms with E-state index in [0.717, 1.165) is 43.7 Å². The summed E-state index contributed by atoms with van der Waals surface area (Å²) >= 11 is 0. The van der Waals surface area contributed by atoms with Crippen LogP contribution in [-0.2, 0) is 0 Å². The highest BCUT2D eigenvalue weighted by molar-refractivity contribution is 6.04. The molecule has 0 aliphatic rings. The summed E-state index contributed by atoms with van der Waals surface area (Å²) < 4.78 is 12.1. The molecule has 4 heteroatoms. The summed E-state index contributed by atoms with van der Waals surface area (Å²) in [5, 5.41) is 4.30. The van der Waals surface area contributed by atoms with Gasteiger partial charge >= 0.3 is 0 Å². The third kappa shape index (κ3) is 1.84. The Morgan fingerprint density at radius 2 is 0.962 bits per heavy atom. The van der Waals surface area contributed by atoms with Gasteiger partial charge in [-0.15, -0.1) is 0 Å². The summed E-state index contributed by atoms with van der Waals surface area (Å²) in [6.45, 7) is 0. The Morgan fingerprint density at radius 1 is 0.500 bits per heavy atom. The fourth-order valence-electron chi connectivity index (χ4n) is 3.49. The number of aromatic nitrogens is 2. The molecule has 2 aromatic heterocycles. The molecule has 2 heterocycles. The molecule has 0 bridgehead atoms. The maximum atomic E-state index is 6.04. The molecule has 0 amide bonds. The lowest BCUT2D eigenvalue weighted by Crippen LogP contribution is -1.75. The monoisotopic (exact) mass is 336 g/mol. The normalized spacial score (nSPS) is 11.8. The summed E-state index contributed by atoms with van der Waals surface area (Å²) in [7, 11) is 0. The van der Waals surface area contributed by atoms with Crippen molar-refractivity contribution in [3.8, 4) is 11.8 Å². The van der Waals surface area contributed by atoms with Gasteiger partial charge in [-0.1, -0.05) is 60.7 Å². The van der Waals surface area contributed by atoms with Crippen LogP contribution in [0.15, 0.2) is 81.6 Å². The number of hydrogen-bond acceptors (Lipinski definition) is 4. The molecule has 0 N–H and O–H groups in total. The van der Waals surface area contributed by atoms with Crippen molar-refractivity contribution in [3.05, 3.63) is 72.8 Å². The fourth-order valence-corrected chi connectivity index (χ4v) is 3.49. The number of benzene rings is 4. The van der Waals surface area contributed by atoms with Gasteiger partial charge < -0.3 is 8.83 Å². The van der Waals surface area contributed by atoms with Crippen molar-refractivity contribution >= 4 is 43.7 Å². The molecule has 0 spiro atoms. The van der Waals surface area contributed by atoms with Crippen molar-refractivity contribution in [2.45, 2.75) is 0 Å². The molecule has 0 unspecified atom stereocenters. The van der Waals surface area contributed by atoms with Crippen LogP contribution in [0.25, 0.3) is 55.5 Å². The Hall–Kier alpha value is -3.66. The summed E-state index contributed by atoms with van der Waals surface area (Å²) in [4.78, 5) is 9.17. The van der Waals surface area contributed by atoms with E-state index in [0.29, 0.717) is 11.8 Å². The van der Waals surface area contributed by atoms with Gasteiger partial charge in [0.1, 0.15) is 11.0 Å². The lowest BCUT2D eigenvalue weighted by molar-refractivity contribution is 0.552. The molecule has 0 radical (unpaired) electrons. The van der Waals surface area contributed by atoms with E-state index >= 15 is 0 Å². The summed E-state index contributed by atoms with van der Waals surface area (Å²) in [5.41, 5.74) is 3.10. The standard InChI is InChI=1S/C22H12N2O2/c1-3-7-15-13(5-1)9-11-17-19(15)25-21(23-17)22-24-18-12-10-14-6-2-4-8-16(14)20(18)26-22/h1-12H. The Bertz CT molecular complexity index is 1330. The minimum atomic E-state index is 0.400. The number of hydrogen-bond donors (Lipinski definition) is 0. The molecule has 0 saturated heterocycles. The third-order valence-corrected chi connectivity index (χ3v) is 4.74. The summed E-state index contributed by atoms with van der Waals surface area (Å²) in [5.74, 6) is 0.799. The van der Waals surface area contributed by atoms with Gasteiger partial charge in [0.15, 0.2) is 11.2 Å². The Balaban J connectivity index is 1.62. The fraction of sp³-hybridized carbons (Fsp3) is 0. The molecule has 0 atom stereocenters. The zero-order valence-corrected chi connectivity index (χ0v) is 13.6. The second kappa shape index (κ2) is 4.92. The number of fused-ring (bicyclic) bond motifs is 6. The quantitative estimate of drug-likeness (QED) is 0.373. The Kier molecular flexibility index (Phi) is 2.58. The van der Waals surface area contributed by atoms with Crippen LogP contribution < -0.4 is 0 Å². The number of oxazole rings is 2. The van der Waals surface area contributed by atoms with E-state index in [9.17, 15) is 0 Å². The third-order valence-electron chi connectivity index (χ3n) is 4.74. The highest BCUT2D eigenvalue weighted by Crippen LogP contribution is 2.33. The maximum Gasteiger partial charge on any atom is 0.284 e. The number of nitrogens with zero attached hydrogens (tertiary/aromatic N) is 2. The van der Waals surface area contributed by atoms with Gasteiger partial charge in [0.25, 0.3) is 11.8 Å². The van der Waals surface area contributed by atoms with Crippen LogP contribution >= 0.6 is 0 Å². The topological polar surface area (TPSA) is 52.1 Å². The van der Waals surface area contributed by atoms with Crippen molar-refractivity contribution in [2.24, 2.45) is 0 Å². The molecule has 122 valence electrons. The zero-order valence-electron chi connectivity index (χ0n) is 13.6. The van der Waals surface area contributed by atoms with Crippen LogP contribution in [0.5, 0.6) is 0 Å². The minimum absolute atomic E-state index is 0.400. The van der Waals surface area contributed by atoms with Gasteiger partial charge in [0.05, 0.1) is 0 Å². The molecule has 26 heavy (non-hydrogen) atoms. The van der Waals surface area contributed by atoms with Crippen LogP contribution in [-0.4, -0.2) is 9.97 Å². The van der Waals surface area contributed by atoms with Gasteiger partial charge in [0.2, 0.25) is 0 Å². The first-order valence-corrected chi connectivity index (χ1v) is 8.44. The SMILES string of the molecule is c1ccc2c(c1)ccc1nc(-c3nc4ccc5ccccc5c4o3)oc12. The molecule has 4 nitrogen and oxygen atoms in total. The van der Waals surface area contributed by atoms with E-state index in [1.807, 2.05) is 60.7 Å². The van der Waals surface area contributed by atoms with Gasteiger partial charge in [-0.05, 0) is 22.9 Å². The predicted octanol–water partition coefficient (Wildman–Crippen LogP) is 5.94. The van der Waals surface area contributed by atoms with Gasteiger partial charge in [-0.25, -0.2) is 9.97 Å². The smallest absolute Gasteiger partial charge is 0.284 e. The van der Waals surface area contributed by atoms with E-state index < -0.39 is 0 Å². The average molecular weight is 336 g/mol. The van der Waals surface area contributed by atoms with Crippen molar-refractivity contribution < 1.29 is 8.83 Å². The highest BCUT2D eigenvalue weighted by atomic mass is 16.4. The van der Waals surface area contributed by atoms with E-state index in [-0.39, 0.29) is 0 Å². The highest BCUT2D eigenvalue weighted by Gasteiger charge is 2.17. The van der Waals surface area contributed by atoms with E-state index in [2.05, 4.69) is 22.1 Å². The van der Waals surface area contributed by atoms with Gasteiger partial charge in [0, 0.05) is 10.8 Å². The zero-order chi connectivity index (χ0) is 17.1. The van der Waals surface area contributed by atoms with E-state index in [1.165, 1.54) is 0 Å². The lowest BCUT2D eigenvalue weighted by atomic mass is 10.1. The first-order chi connectivity index (χ1) is 12.9. The lowest BCUT2D eigenvalue weighted by Gasteiger charge is -1.95. The van der Waals surface area contributed by atoms with Gasteiger partial charge in [-0.2, -0.15) is 0 Å². The number of rotatable bonds is 1. The molecule has 0 aliphatic heterocycles. The molecule has 6 rings (SSSR count).